The molecule has 128 valence electrons. The van der Waals surface area contributed by atoms with Gasteiger partial charge in [-0.3, -0.25) is 0 Å². The number of rotatable bonds is 5. The number of benzene rings is 1. The second-order valence-electron chi connectivity index (χ2n) is 6.26. The predicted octanol–water partition coefficient (Wildman–Crippen LogP) is 7.04. The smallest absolute Gasteiger partial charge is 0.205 e. The molecule has 0 bridgehead atoms. The lowest BCUT2D eigenvalue weighted by Gasteiger charge is -2.28. The minimum absolute atomic E-state index is 0.146. The monoisotopic (exact) mass is 348 g/mol. The fraction of sp³-hybridized carbons (Fsp3) is 0.556. The summed E-state index contributed by atoms with van der Waals surface area (Å²) in [6.45, 7) is 0. The van der Waals surface area contributed by atoms with Gasteiger partial charge in [-0.15, -0.1) is 0 Å². The van der Waals surface area contributed by atoms with Crippen LogP contribution >= 0.6 is 11.6 Å². The van der Waals surface area contributed by atoms with Gasteiger partial charge >= 0.3 is 6.18 Å². The molecule has 1 aromatic rings. The van der Waals surface area contributed by atoms with Crippen LogP contribution in [0, 0.1) is 11.7 Å². The highest BCUT2D eigenvalue weighted by Gasteiger charge is 2.25. The van der Waals surface area contributed by atoms with Crippen molar-refractivity contribution in [2.45, 2.75) is 57.0 Å². The average molecular weight is 349 g/mol. The molecule has 23 heavy (non-hydrogen) atoms. The maximum absolute atomic E-state index is 13.5. The zero-order valence-electron chi connectivity index (χ0n) is 12.9. The van der Waals surface area contributed by atoms with Gasteiger partial charge in [-0.1, -0.05) is 29.8 Å². The number of hydrogen-bond donors (Lipinski definition) is 0. The first-order valence-corrected chi connectivity index (χ1v) is 8.39. The standard InChI is InChI=1S/C18H21ClF4/c19-16-10-9-15(12-17(16)20)14-7-5-13(6-8-14)4-2-1-3-11-18(21,22)23/h1,3,9-10,12-14H,2,4-8,11H2. The van der Waals surface area contributed by atoms with E-state index in [4.69, 9.17) is 11.6 Å². The molecule has 0 radical (unpaired) electrons. The highest BCUT2D eigenvalue weighted by molar-refractivity contribution is 6.30. The SMILES string of the molecule is Fc1cc(C2CCC(CCC=CCC(F)(F)F)CC2)ccc1Cl. The number of halogens is 5. The minimum Gasteiger partial charge on any atom is -0.205 e. The highest BCUT2D eigenvalue weighted by Crippen LogP contribution is 2.38. The summed E-state index contributed by atoms with van der Waals surface area (Å²) in [6.07, 6.45) is 3.59. The van der Waals surface area contributed by atoms with Crippen molar-refractivity contribution in [2.24, 2.45) is 5.92 Å². The number of hydrogen-bond acceptors (Lipinski definition) is 0. The van der Waals surface area contributed by atoms with Crippen LogP contribution in [0.2, 0.25) is 5.02 Å². The molecule has 0 spiro atoms. The normalized spacial score (nSPS) is 22.7. The van der Waals surface area contributed by atoms with Gasteiger partial charge in [0.25, 0.3) is 0 Å². The molecule has 0 atom stereocenters. The molecular formula is C18H21ClF4. The molecule has 0 aliphatic heterocycles. The van der Waals surface area contributed by atoms with E-state index in [2.05, 4.69) is 0 Å². The number of allylic oxidation sites excluding steroid dienone is 2. The molecule has 1 aliphatic carbocycles. The van der Waals surface area contributed by atoms with E-state index in [0.717, 1.165) is 37.7 Å². The first-order valence-electron chi connectivity index (χ1n) is 8.02. The molecule has 1 aromatic carbocycles. The summed E-state index contributed by atoms with van der Waals surface area (Å²) in [5.41, 5.74) is 0.996. The summed E-state index contributed by atoms with van der Waals surface area (Å²) < 4.78 is 49.5. The van der Waals surface area contributed by atoms with Crippen molar-refractivity contribution in [1.29, 1.82) is 0 Å². The van der Waals surface area contributed by atoms with Gasteiger partial charge in [0.1, 0.15) is 5.82 Å². The van der Waals surface area contributed by atoms with E-state index in [0.29, 0.717) is 18.3 Å². The van der Waals surface area contributed by atoms with Crippen LogP contribution < -0.4 is 0 Å². The fourth-order valence-corrected chi connectivity index (χ4v) is 3.34. The molecule has 0 amide bonds. The maximum atomic E-state index is 13.5. The summed E-state index contributed by atoms with van der Waals surface area (Å²) in [6, 6.07) is 5.01. The molecule has 1 saturated carbocycles. The van der Waals surface area contributed by atoms with E-state index in [1.807, 2.05) is 6.07 Å². The summed E-state index contributed by atoms with van der Waals surface area (Å²) >= 11 is 5.70. The molecule has 0 aromatic heterocycles. The van der Waals surface area contributed by atoms with Gasteiger partial charge < -0.3 is 0 Å². The molecule has 0 nitrogen and oxygen atoms in total. The quantitative estimate of drug-likeness (QED) is 0.395. The second-order valence-corrected chi connectivity index (χ2v) is 6.67. The maximum Gasteiger partial charge on any atom is 0.392 e. The fourth-order valence-electron chi connectivity index (χ4n) is 3.22. The largest absolute Gasteiger partial charge is 0.392 e. The molecule has 2 rings (SSSR count). The van der Waals surface area contributed by atoms with Crippen LogP contribution in [0.4, 0.5) is 17.6 Å². The first kappa shape index (κ1) is 18.3. The first-order chi connectivity index (χ1) is 10.8. The minimum atomic E-state index is -4.11. The Morgan fingerprint density at radius 1 is 1.09 bits per heavy atom. The average Bonchev–Trinajstić information content (AvgIpc) is 2.49. The van der Waals surface area contributed by atoms with Crippen molar-refractivity contribution in [3.8, 4) is 0 Å². The van der Waals surface area contributed by atoms with Gasteiger partial charge in [0.15, 0.2) is 0 Å². The van der Waals surface area contributed by atoms with Crippen molar-refractivity contribution in [3.63, 3.8) is 0 Å². The number of alkyl halides is 3. The Bertz CT molecular complexity index is 528. The van der Waals surface area contributed by atoms with Gasteiger partial charge in [0.05, 0.1) is 11.4 Å². The van der Waals surface area contributed by atoms with Crippen LogP contribution in [0.1, 0.15) is 56.4 Å². The highest BCUT2D eigenvalue weighted by atomic mass is 35.5. The molecule has 0 saturated heterocycles. The van der Waals surface area contributed by atoms with E-state index in [1.165, 1.54) is 12.1 Å². The van der Waals surface area contributed by atoms with Gasteiger partial charge in [0.2, 0.25) is 0 Å². The molecule has 1 aliphatic rings. The van der Waals surface area contributed by atoms with Crippen molar-refractivity contribution >= 4 is 11.6 Å². The lowest BCUT2D eigenvalue weighted by molar-refractivity contribution is -0.125. The van der Waals surface area contributed by atoms with E-state index < -0.39 is 12.6 Å². The zero-order valence-corrected chi connectivity index (χ0v) is 13.6. The molecular weight excluding hydrogens is 328 g/mol. The molecule has 5 heteroatoms. The third kappa shape index (κ3) is 6.17. The topological polar surface area (TPSA) is 0 Å². The van der Waals surface area contributed by atoms with Crippen LogP contribution in [0.5, 0.6) is 0 Å². The van der Waals surface area contributed by atoms with Gasteiger partial charge in [0, 0.05) is 0 Å². The lowest BCUT2D eigenvalue weighted by atomic mass is 9.77. The Morgan fingerprint density at radius 3 is 2.39 bits per heavy atom. The Hall–Kier alpha value is -1.03. The third-order valence-electron chi connectivity index (χ3n) is 4.52. The van der Waals surface area contributed by atoms with Crippen molar-refractivity contribution in [1.82, 2.24) is 0 Å². The van der Waals surface area contributed by atoms with Crippen molar-refractivity contribution in [2.75, 3.05) is 0 Å². The summed E-state index contributed by atoms with van der Waals surface area (Å²) in [5.74, 6) is 0.541. The van der Waals surface area contributed by atoms with E-state index in [-0.39, 0.29) is 10.8 Å². The van der Waals surface area contributed by atoms with E-state index in [1.54, 1.807) is 12.1 Å². The van der Waals surface area contributed by atoms with Crippen LogP contribution in [0.3, 0.4) is 0 Å². The van der Waals surface area contributed by atoms with Crippen LogP contribution in [0.25, 0.3) is 0 Å². The van der Waals surface area contributed by atoms with Gasteiger partial charge in [-0.05, 0) is 68.1 Å². The Labute approximate surface area is 139 Å². The van der Waals surface area contributed by atoms with Gasteiger partial charge in [-0.2, -0.15) is 13.2 Å². The molecule has 0 unspecified atom stereocenters. The summed E-state index contributed by atoms with van der Waals surface area (Å²) in [5, 5.41) is 0.146. The van der Waals surface area contributed by atoms with E-state index >= 15 is 0 Å². The molecule has 0 N–H and O–H groups in total. The Morgan fingerprint density at radius 2 is 1.78 bits per heavy atom. The zero-order chi connectivity index (χ0) is 16.9. The summed E-state index contributed by atoms with van der Waals surface area (Å²) in [7, 11) is 0. The third-order valence-corrected chi connectivity index (χ3v) is 4.83. The van der Waals surface area contributed by atoms with Crippen LogP contribution in [-0.4, -0.2) is 6.18 Å². The molecule has 1 fully saturated rings. The van der Waals surface area contributed by atoms with Crippen LogP contribution in [0.15, 0.2) is 30.4 Å². The second kappa shape index (κ2) is 8.18. The molecule has 0 heterocycles. The van der Waals surface area contributed by atoms with Crippen LogP contribution in [-0.2, 0) is 0 Å². The predicted molar refractivity (Wildman–Crippen MR) is 85.2 cm³/mol. The Kier molecular flexibility index (Phi) is 6.51. The van der Waals surface area contributed by atoms with Crippen molar-refractivity contribution < 1.29 is 17.6 Å². The van der Waals surface area contributed by atoms with Gasteiger partial charge in [-0.25, -0.2) is 4.39 Å². The van der Waals surface area contributed by atoms with E-state index in [9.17, 15) is 17.6 Å². The van der Waals surface area contributed by atoms with Crippen molar-refractivity contribution in [3.05, 3.63) is 46.8 Å². The Balaban J connectivity index is 1.72. The lowest BCUT2D eigenvalue weighted by Crippen LogP contribution is -2.13. The summed E-state index contributed by atoms with van der Waals surface area (Å²) in [4.78, 5) is 0.